The second-order valence-electron chi connectivity index (χ2n) is 20.0. The van der Waals surface area contributed by atoms with E-state index in [2.05, 4.69) is 62.5 Å². The highest BCUT2D eigenvalue weighted by molar-refractivity contribution is 5.77. The lowest BCUT2D eigenvalue weighted by Crippen LogP contribution is -2.46. The maximum absolute atomic E-state index is 13.3. The van der Waals surface area contributed by atoms with E-state index >= 15 is 0 Å². The van der Waals surface area contributed by atoms with E-state index in [1.54, 1.807) is 0 Å². The molecule has 6 heteroatoms. The molecule has 0 aliphatic rings. The molecule has 6 nitrogen and oxygen atoms in total. The van der Waals surface area contributed by atoms with Crippen molar-refractivity contribution in [2.75, 3.05) is 6.61 Å². The first-order chi connectivity index (χ1) is 32.5. The fourth-order valence-electron chi connectivity index (χ4n) is 8.99. The molecule has 0 bridgehead atoms. The Morgan fingerprint density at radius 1 is 0.439 bits per heavy atom. The molecular formula is C60H113NO5. The van der Waals surface area contributed by atoms with Crippen molar-refractivity contribution in [2.45, 2.75) is 328 Å². The van der Waals surface area contributed by atoms with Crippen LogP contribution < -0.4 is 5.32 Å². The van der Waals surface area contributed by atoms with Crippen LogP contribution in [0.2, 0.25) is 0 Å². The normalized spacial score (nSPS) is 13.3. The van der Waals surface area contributed by atoms with Crippen molar-refractivity contribution in [3.63, 3.8) is 0 Å². The number of ether oxygens (including phenoxy) is 1. The first-order valence-electron chi connectivity index (χ1n) is 29.2. The highest BCUT2D eigenvalue weighted by Crippen LogP contribution is 2.18. The largest absolute Gasteiger partial charge is 0.462 e. The highest BCUT2D eigenvalue weighted by atomic mass is 16.5. The van der Waals surface area contributed by atoms with E-state index < -0.39 is 18.2 Å². The number of allylic oxidation sites excluding steroid dienone is 6. The quantitative estimate of drug-likeness (QED) is 0.0321. The third-order valence-electron chi connectivity index (χ3n) is 13.4. The minimum absolute atomic E-state index is 0.0685. The first kappa shape index (κ1) is 64.1. The predicted octanol–water partition coefficient (Wildman–Crippen LogP) is 18.0. The Hall–Kier alpha value is -1.92. The van der Waals surface area contributed by atoms with Gasteiger partial charge in [-0.1, -0.05) is 250 Å². The number of hydrogen-bond donors (Lipinski definition) is 3. The fraction of sp³-hybridized carbons (Fsp3) is 0.867. The SMILES string of the molecule is CCCCC/C=C\C/C=C\CCCCCCCCCCCC(=O)OC(CCCCC/C=C/CCCCCCCCCCC)CC(=O)NC(CO)C(O)CCCCCCCCCCCCCC. The summed E-state index contributed by atoms with van der Waals surface area (Å²) in [5.41, 5.74) is 0. The lowest BCUT2D eigenvalue weighted by atomic mass is 10.0. The molecule has 0 aromatic heterocycles. The molecule has 3 N–H and O–H groups in total. The summed E-state index contributed by atoms with van der Waals surface area (Å²) in [6.07, 6.45) is 65.0. The van der Waals surface area contributed by atoms with E-state index in [9.17, 15) is 19.8 Å². The number of amides is 1. The van der Waals surface area contributed by atoms with Gasteiger partial charge in [0.15, 0.2) is 0 Å². The lowest BCUT2D eigenvalue weighted by Gasteiger charge is -2.24. The number of aliphatic hydroxyl groups is 2. The second-order valence-corrected chi connectivity index (χ2v) is 20.0. The molecule has 0 aliphatic heterocycles. The van der Waals surface area contributed by atoms with Gasteiger partial charge in [0, 0.05) is 6.42 Å². The van der Waals surface area contributed by atoms with Crippen LogP contribution in [0.15, 0.2) is 36.5 Å². The molecule has 3 unspecified atom stereocenters. The van der Waals surface area contributed by atoms with Gasteiger partial charge in [-0.25, -0.2) is 0 Å². The van der Waals surface area contributed by atoms with Crippen LogP contribution >= 0.6 is 0 Å². The first-order valence-corrected chi connectivity index (χ1v) is 29.2. The number of hydrogen-bond acceptors (Lipinski definition) is 5. The summed E-state index contributed by atoms with van der Waals surface area (Å²) < 4.78 is 5.96. The molecule has 0 aromatic carbocycles. The number of aliphatic hydroxyl groups excluding tert-OH is 2. The van der Waals surface area contributed by atoms with E-state index in [0.717, 1.165) is 70.6 Å². The van der Waals surface area contributed by atoms with Crippen molar-refractivity contribution in [1.29, 1.82) is 0 Å². The Morgan fingerprint density at radius 3 is 1.21 bits per heavy atom. The van der Waals surface area contributed by atoms with E-state index in [0.29, 0.717) is 19.3 Å². The molecule has 0 aromatic rings. The van der Waals surface area contributed by atoms with Gasteiger partial charge in [-0.05, 0) is 83.5 Å². The van der Waals surface area contributed by atoms with Gasteiger partial charge in [-0.15, -0.1) is 0 Å². The monoisotopic (exact) mass is 928 g/mol. The smallest absolute Gasteiger partial charge is 0.306 e. The Morgan fingerprint density at radius 2 is 0.773 bits per heavy atom. The standard InChI is InChI=1S/C60H113NO5/c1-4-7-10-13-16-19-22-25-27-29-30-31-33-35-38-41-44-47-50-53-60(65)66-56(51-48-45-42-39-36-34-32-28-26-23-20-17-14-11-8-5-2)54-59(64)61-57(55-62)58(63)52-49-46-43-40-37-24-21-18-15-12-9-6-3/h16,19,25,27,34,36,56-58,62-63H,4-15,17-18,20-24,26,28-33,35,37-55H2,1-3H3,(H,61,64)/b19-16-,27-25-,36-34+. The predicted molar refractivity (Wildman–Crippen MR) is 287 cm³/mol. The lowest BCUT2D eigenvalue weighted by molar-refractivity contribution is -0.151. The molecule has 0 spiro atoms. The maximum Gasteiger partial charge on any atom is 0.306 e. The van der Waals surface area contributed by atoms with E-state index in [1.165, 1.54) is 193 Å². The molecule has 0 fully saturated rings. The highest BCUT2D eigenvalue weighted by Gasteiger charge is 2.24. The minimum atomic E-state index is -0.790. The van der Waals surface area contributed by atoms with Crippen LogP contribution in [0, 0.1) is 0 Å². The van der Waals surface area contributed by atoms with Crippen LogP contribution in [-0.2, 0) is 14.3 Å². The third-order valence-corrected chi connectivity index (χ3v) is 13.4. The number of esters is 1. The molecule has 0 aliphatic carbocycles. The van der Waals surface area contributed by atoms with Crippen LogP contribution in [0.1, 0.15) is 310 Å². The Kier molecular flexibility index (Phi) is 52.5. The van der Waals surface area contributed by atoms with Gasteiger partial charge in [-0.3, -0.25) is 9.59 Å². The van der Waals surface area contributed by atoms with Crippen molar-refractivity contribution in [1.82, 2.24) is 5.32 Å². The molecule has 0 heterocycles. The van der Waals surface area contributed by atoms with Gasteiger partial charge in [0.05, 0.1) is 25.2 Å². The summed E-state index contributed by atoms with van der Waals surface area (Å²) >= 11 is 0. The van der Waals surface area contributed by atoms with Crippen molar-refractivity contribution in [3.8, 4) is 0 Å². The molecule has 66 heavy (non-hydrogen) atoms. The van der Waals surface area contributed by atoms with Gasteiger partial charge in [0.1, 0.15) is 6.10 Å². The number of rotatable bonds is 53. The van der Waals surface area contributed by atoms with Crippen molar-refractivity contribution in [3.05, 3.63) is 36.5 Å². The van der Waals surface area contributed by atoms with E-state index in [4.69, 9.17) is 4.74 Å². The van der Waals surface area contributed by atoms with Crippen LogP contribution in [0.5, 0.6) is 0 Å². The topological polar surface area (TPSA) is 95.9 Å². The van der Waals surface area contributed by atoms with Crippen LogP contribution in [0.25, 0.3) is 0 Å². The number of unbranched alkanes of at least 4 members (excludes halogenated alkanes) is 35. The summed E-state index contributed by atoms with van der Waals surface area (Å²) in [7, 11) is 0. The van der Waals surface area contributed by atoms with Crippen molar-refractivity contribution in [2.24, 2.45) is 0 Å². The Bertz CT molecular complexity index is 1090. The summed E-state index contributed by atoms with van der Waals surface area (Å²) in [6.45, 7) is 6.48. The third kappa shape index (κ3) is 48.5. The summed E-state index contributed by atoms with van der Waals surface area (Å²) in [4.78, 5) is 26.3. The van der Waals surface area contributed by atoms with E-state index in [-0.39, 0.29) is 24.9 Å². The van der Waals surface area contributed by atoms with Gasteiger partial charge in [-0.2, -0.15) is 0 Å². The number of carbonyl (C=O) groups is 2. The summed E-state index contributed by atoms with van der Waals surface area (Å²) in [6, 6.07) is -0.705. The molecule has 0 saturated carbocycles. The van der Waals surface area contributed by atoms with Crippen LogP contribution in [0.4, 0.5) is 0 Å². The average molecular weight is 929 g/mol. The zero-order chi connectivity index (χ0) is 48.1. The molecular weight excluding hydrogens is 815 g/mol. The molecule has 0 radical (unpaired) electrons. The van der Waals surface area contributed by atoms with Crippen molar-refractivity contribution < 1.29 is 24.5 Å². The average Bonchev–Trinajstić information content (AvgIpc) is 3.31. The summed E-state index contributed by atoms with van der Waals surface area (Å²) in [5, 5.41) is 23.8. The zero-order valence-electron chi connectivity index (χ0n) is 44.3. The van der Waals surface area contributed by atoms with E-state index in [1.807, 2.05) is 0 Å². The molecule has 3 atom stereocenters. The van der Waals surface area contributed by atoms with Gasteiger partial charge >= 0.3 is 5.97 Å². The number of carbonyl (C=O) groups excluding carboxylic acids is 2. The zero-order valence-corrected chi connectivity index (χ0v) is 44.3. The molecule has 0 saturated heterocycles. The molecule has 0 rings (SSSR count). The fourth-order valence-corrected chi connectivity index (χ4v) is 8.99. The molecule has 388 valence electrons. The van der Waals surface area contributed by atoms with Crippen LogP contribution in [0.3, 0.4) is 0 Å². The van der Waals surface area contributed by atoms with Gasteiger partial charge in [0.25, 0.3) is 0 Å². The van der Waals surface area contributed by atoms with Gasteiger partial charge in [0.2, 0.25) is 5.91 Å². The Balaban J connectivity index is 4.55. The molecule has 1 amide bonds. The van der Waals surface area contributed by atoms with Gasteiger partial charge < -0.3 is 20.3 Å². The maximum atomic E-state index is 13.3. The van der Waals surface area contributed by atoms with Crippen molar-refractivity contribution >= 4 is 11.9 Å². The van der Waals surface area contributed by atoms with Crippen LogP contribution in [-0.4, -0.2) is 46.9 Å². The second kappa shape index (κ2) is 54.0. The number of nitrogens with one attached hydrogen (secondary N) is 1. The summed E-state index contributed by atoms with van der Waals surface area (Å²) in [5.74, 6) is -0.479. The Labute approximate surface area is 411 Å². The minimum Gasteiger partial charge on any atom is -0.462 e.